The number of ether oxygens (including phenoxy) is 2. The van der Waals surface area contributed by atoms with Crippen LogP contribution in [0.1, 0.15) is 19.3 Å². The van der Waals surface area contributed by atoms with E-state index in [2.05, 4.69) is 17.9 Å². The quantitative estimate of drug-likeness (QED) is 0.304. The molecule has 0 saturated heterocycles. The molecule has 5 nitrogen and oxygen atoms in total. The first kappa shape index (κ1) is 16.4. The highest BCUT2D eigenvalue weighted by Crippen LogP contribution is 1.89. The van der Waals surface area contributed by atoms with E-state index in [1.165, 1.54) is 0 Å². The normalized spacial score (nSPS) is 10.2. The highest BCUT2D eigenvalue weighted by Gasteiger charge is 1.95. The zero-order valence-corrected chi connectivity index (χ0v) is 10.9. The maximum atomic E-state index is 10.8. The van der Waals surface area contributed by atoms with E-state index in [1.807, 2.05) is 0 Å². The standard InChI is InChI=1S/C11H21NO4S/c13-5-3-7-16-9-8-15-6-2-1-4-12-11(14)10-17/h5,17H,1-4,6-10H2,(H,12,14). The van der Waals surface area contributed by atoms with Gasteiger partial charge in [0.2, 0.25) is 5.91 Å². The van der Waals surface area contributed by atoms with Crippen molar-refractivity contribution in [2.75, 3.05) is 38.7 Å². The maximum absolute atomic E-state index is 10.8. The van der Waals surface area contributed by atoms with Crippen LogP contribution in [0.25, 0.3) is 0 Å². The zero-order valence-electron chi connectivity index (χ0n) is 10.0. The molecule has 0 rings (SSSR count). The van der Waals surface area contributed by atoms with Gasteiger partial charge in [0.1, 0.15) is 6.29 Å². The van der Waals surface area contributed by atoms with Crippen LogP contribution >= 0.6 is 12.6 Å². The summed E-state index contributed by atoms with van der Waals surface area (Å²) in [4.78, 5) is 20.8. The first-order valence-corrected chi connectivity index (χ1v) is 6.41. The van der Waals surface area contributed by atoms with Crippen molar-refractivity contribution in [2.24, 2.45) is 0 Å². The summed E-state index contributed by atoms with van der Waals surface area (Å²) in [6.07, 6.45) is 3.07. The van der Waals surface area contributed by atoms with Crippen LogP contribution in [-0.2, 0) is 19.1 Å². The summed E-state index contributed by atoms with van der Waals surface area (Å²) in [7, 11) is 0. The molecule has 0 aliphatic rings. The lowest BCUT2D eigenvalue weighted by molar-refractivity contribution is -0.118. The number of amides is 1. The zero-order chi connectivity index (χ0) is 12.8. The number of aldehydes is 1. The average Bonchev–Trinajstić information content (AvgIpc) is 2.35. The molecule has 0 atom stereocenters. The lowest BCUT2D eigenvalue weighted by Crippen LogP contribution is -2.25. The van der Waals surface area contributed by atoms with Gasteiger partial charge in [-0.2, -0.15) is 12.6 Å². The van der Waals surface area contributed by atoms with Crippen LogP contribution in [-0.4, -0.2) is 50.9 Å². The number of hydrogen-bond acceptors (Lipinski definition) is 5. The van der Waals surface area contributed by atoms with Gasteiger partial charge in [-0.15, -0.1) is 0 Å². The lowest BCUT2D eigenvalue weighted by atomic mass is 10.3. The molecule has 0 bridgehead atoms. The van der Waals surface area contributed by atoms with Gasteiger partial charge in [0, 0.05) is 19.6 Å². The first-order chi connectivity index (χ1) is 8.31. The van der Waals surface area contributed by atoms with E-state index in [4.69, 9.17) is 9.47 Å². The second-order valence-electron chi connectivity index (χ2n) is 3.40. The van der Waals surface area contributed by atoms with Crippen molar-refractivity contribution in [3.8, 4) is 0 Å². The van der Waals surface area contributed by atoms with Gasteiger partial charge in [0.25, 0.3) is 0 Å². The largest absolute Gasteiger partial charge is 0.379 e. The minimum absolute atomic E-state index is 0.0437. The Balaban J connectivity index is 2.98. The molecule has 0 aliphatic heterocycles. The van der Waals surface area contributed by atoms with Crippen molar-refractivity contribution >= 4 is 24.8 Å². The van der Waals surface area contributed by atoms with Gasteiger partial charge in [-0.05, 0) is 12.8 Å². The molecule has 0 radical (unpaired) electrons. The van der Waals surface area contributed by atoms with Crippen LogP contribution in [0.15, 0.2) is 0 Å². The molecule has 0 saturated carbocycles. The fourth-order valence-electron chi connectivity index (χ4n) is 1.07. The highest BCUT2D eigenvalue weighted by molar-refractivity contribution is 7.81. The summed E-state index contributed by atoms with van der Waals surface area (Å²) in [6, 6.07) is 0. The molecule has 0 aromatic rings. The van der Waals surface area contributed by atoms with E-state index >= 15 is 0 Å². The third-order valence-corrected chi connectivity index (χ3v) is 2.22. The predicted octanol–water partition coefficient (Wildman–Crippen LogP) is 0.435. The third kappa shape index (κ3) is 13.3. The Morgan fingerprint density at radius 3 is 2.47 bits per heavy atom. The molecule has 0 fully saturated rings. The van der Waals surface area contributed by atoms with Crippen LogP contribution in [0, 0.1) is 0 Å². The first-order valence-electron chi connectivity index (χ1n) is 5.78. The van der Waals surface area contributed by atoms with Crippen molar-refractivity contribution in [3.63, 3.8) is 0 Å². The van der Waals surface area contributed by atoms with Crippen molar-refractivity contribution in [2.45, 2.75) is 19.3 Å². The molecule has 1 amide bonds. The van der Waals surface area contributed by atoms with E-state index < -0.39 is 0 Å². The molecule has 100 valence electrons. The van der Waals surface area contributed by atoms with Crippen LogP contribution in [0.5, 0.6) is 0 Å². The van der Waals surface area contributed by atoms with Gasteiger partial charge < -0.3 is 19.6 Å². The smallest absolute Gasteiger partial charge is 0.229 e. The van der Waals surface area contributed by atoms with Gasteiger partial charge in [-0.1, -0.05) is 0 Å². The summed E-state index contributed by atoms with van der Waals surface area (Å²) in [5.41, 5.74) is 0. The average molecular weight is 263 g/mol. The van der Waals surface area contributed by atoms with Crippen LogP contribution < -0.4 is 5.32 Å². The molecular formula is C11H21NO4S. The second-order valence-corrected chi connectivity index (χ2v) is 3.71. The summed E-state index contributed by atoms with van der Waals surface area (Å²) >= 11 is 3.85. The minimum atomic E-state index is -0.0437. The Kier molecular flexibility index (Phi) is 13.0. The molecule has 0 heterocycles. The monoisotopic (exact) mass is 263 g/mol. The van der Waals surface area contributed by atoms with E-state index in [0.717, 1.165) is 19.1 Å². The summed E-state index contributed by atoms with van der Waals surface area (Å²) < 4.78 is 10.4. The molecular weight excluding hydrogens is 242 g/mol. The summed E-state index contributed by atoms with van der Waals surface area (Å²) in [6.45, 7) is 2.85. The predicted molar refractivity (Wildman–Crippen MR) is 68.4 cm³/mol. The van der Waals surface area contributed by atoms with Crippen LogP contribution in [0.4, 0.5) is 0 Å². The molecule has 6 heteroatoms. The Morgan fingerprint density at radius 2 is 1.82 bits per heavy atom. The SMILES string of the molecule is O=CCCOCCOCCCCNC(=O)CS. The van der Waals surface area contributed by atoms with E-state index in [9.17, 15) is 9.59 Å². The van der Waals surface area contributed by atoms with Crippen LogP contribution in [0.3, 0.4) is 0 Å². The number of carbonyl (C=O) groups is 2. The van der Waals surface area contributed by atoms with Crippen molar-refractivity contribution in [3.05, 3.63) is 0 Å². The molecule has 0 aromatic heterocycles. The van der Waals surface area contributed by atoms with Gasteiger partial charge in [0.15, 0.2) is 0 Å². The lowest BCUT2D eigenvalue weighted by Gasteiger charge is -2.05. The van der Waals surface area contributed by atoms with E-state index in [1.54, 1.807) is 0 Å². The fraction of sp³-hybridized carbons (Fsp3) is 0.818. The van der Waals surface area contributed by atoms with Gasteiger partial charge in [-0.25, -0.2) is 0 Å². The van der Waals surface area contributed by atoms with Gasteiger partial charge in [0.05, 0.1) is 25.6 Å². The Bertz CT molecular complexity index is 202. The molecule has 0 aromatic carbocycles. The molecule has 17 heavy (non-hydrogen) atoms. The molecule has 0 unspecified atom stereocenters. The Labute approximate surface area is 108 Å². The summed E-state index contributed by atoms with van der Waals surface area (Å²) in [5, 5.41) is 2.73. The maximum Gasteiger partial charge on any atom is 0.229 e. The number of unbranched alkanes of at least 4 members (excludes halogenated alkanes) is 1. The second kappa shape index (κ2) is 13.5. The van der Waals surface area contributed by atoms with Gasteiger partial charge >= 0.3 is 0 Å². The fourth-order valence-corrected chi connectivity index (χ4v) is 1.18. The van der Waals surface area contributed by atoms with Crippen molar-refractivity contribution in [1.82, 2.24) is 5.32 Å². The molecule has 0 spiro atoms. The Morgan fingerprint density at radius 1 is 1.12 bits per heavy atom. The van der Waals surface area contributed by atoms with E-state index in [0.29, 0.717) is 39.4 Å². The number of thiol groups is 1. The number of rotatable bonds is 12. The van der Waals surface area contributed by atoms with Gasteiger partial charge in [-0.3, -0.25) is 4.79 Å². The topological polar surface area (TPSA) is 64.6 Å². The minimum Gasteiger partial charge on any atom is -0.379 e. The van der Waals surface area contributed by atoms with E-state index in [-0.39, 0.29) is 11.7 Å². The summed E-state index contributed by atoms with van der Waals surface area (Å²) in [5.74, 6) is 0.187. The highest BCUT2D eigenvalue weighted by atomic mass is 32.1. The van der Waals surface area contributed by atoms with Crippen molar-refractivity contribution < 1.29 is 19.1 Å². The number of nitrogens with one attached hydrogen (secondary N) is 1. The molecule has 1 N–H and O–H groups in total. The Hall–Kier alpha value is -0.590. The van der Waals surface area contributed by atoms with Crippen LogP contribution in [0.2, 0.25) is 0 Å². The number of carbonyl (C=O) groups excluding carboxylic acids is 2. The molecule has 0 aliphatic carbocycles. The number of hydrogen-bond donors (Lipinski definition) is 2. The third-order valence-electron chi connectivity index (χ3n) is 1.93. The van der Waals surface area contributed by atoms with Crippen molar-refractivity contribution in [1.29, 1.82) is 0 Å².